The molecule has 1 fully saturated rings. The molecule has 1 unspecified atom stereocenters. The van der Waals surface area contributed by atoms with E-state index in [0.29, 0.717) is 24.6 Å². The van der Waals surface area contributed by atoms with Crippen LogP contribution in [0.4, 0.5) is 5.13 Å². The van der Waals surface area contributed by atoms with E-state index < -0.39 is 0 Å². The van der Waals surface area contributed by atoms with E-state index in [2.05, 4.69) is 20.3 Å². The molecule has 0 aliphatic carbocycles. The number of aryl methyl sites for hydroxylation is 2. The zero-order valence-corrected chi connectivity index (χ0v) is 18.1. The molecule has 10 heteroatoms. The molecular weight excluding hydrogens is 418 g/mol. The molecule has 1 saturated heterocycles. The van der Waals surface area contributed by atoms with Crippen molar-refractivity contribution in [3.05, 3.63) is 47.5 Å². The summed E-state index contributed by atoms with van der Waals surface area (Å²) in [4.78, 5) is 48.2. The molecule has 162 valence electrons. The van der Waals surface area contributed by atoms with Crippen molar-refractivity contribution in [1.82, 2.24) is 20.3 Å². The van der Waals surface area contributed by atoms with E-state index in [4.69, 9.17) is 9.90 Å². The highest BCUT2D eigenvalue weighted by atomic mass is 32.1. The Morgan fingerprint density at radius 1 is 1.26 bits per heavy atom. The third-order valence-corrected chi connectivity index (χ3v) is 5.75. The summed E-state index contributed by atoms with van der Waals surface area (Å²) in [6.07, 6.45) is 0.776. The number of rotatable bonds is 5. The lowest BCUT2D eigenvalue weighted by Crippen LogP contribution is -2.34. The Morgan fingerprint density at radius 3 is 2.61 bits per heavy atom. The van der Waals surface area contributed by atoms with E-state index in [1.807, 2.05) is 44.2 Å². The molecule has 2 N–H and O–H groups in total. The molecule has 3 aromatic rings. The van der Waals surface area contributed by atoms with Gasteiger partial charge < -0.3 is 10.4 Å². The first-order valence-electron chi connectivity index (χ1n) is 9.74. The van der Waals surface area contributed by atoms with Gasteiger partial charge in [-0.2, -0.15) is 0 Å². The summed E-state index contributed by atoms with van der Waals surface area (Å²) in [5.74, 6) is 0.189. The predicted octanol–water partition coefficient (Wildman–Crippen LogP) is 2.12. The van der Waals surface area contributed by atoms with Gasteiger partial charge in [0, 0.05) is 37.3 Å². The highest BCUT2D eigenvalue weighted by Gasteiger charge is 2.36. The van der Waals surface area contributed by atoms with Gasteiger partial charge in [0.25, 0.3) is 6.47 Å². The van der Waals surface area contributed by atoms with E-state index in [0.717, 1.165) is 27.4 Å². The average molecular weight is 442 g/mol. The summed E-state index contributed by atoms with van der Waals surface area (Å²) in [6.45, 7) is 4.42. The summed E-state index contributed by atoms with van der Waals surface area (Å²) in [6, 6.07) is 9.70. The van der Waals surface area contributed by atoms with Gasteiger partial charge in [0.2, 0.25) is 11.8 Å². The number of thiazole rings is 1. The number of nitrogens with zero attached hydrogens (tertiary/aromatic N) is 4. The fourth-order valence-electron chi connectivity index (χ4n) is 3.40. The maximum Gasteiger partial charge on any atom is 0.290 e. The first kappa shape index (κ1) is 22.3. The average Bonchev–Trinajstić information content (AvgIpc) is 3.31. The maximum atomic E-state index is 12.5. The van der Waals surface area contributed by atoms with E-state index >= 15 is 0 Å². The standard InChI is InChI=1S/C20H21N5O2S.CH2O2/c1-12-9-13(2)23-17(22-12)7-8-21-19(27)14-10-18(26)25(11-14)20-24-15-5-3-4-6-16(15)28-20;2-1-3/h3-6,9,14H,7-8,10-11H2,1-2H3,(H,21,27);1H,(H,2,3). The summed E-state index contributed by atoms with van der Waals surface area (Å²) in [5.41, 5.74) is 2.71. The lowest BCUT2D eigenvalue weighted by atomic mass is 10.1. The van der Waals surface area contributed by atoms with E-state index in [-0.39, 0.29) is 30.6 Å². The number of para-hydroxylation sites is 1. The summed E-state index contributed by atoms with van der Waals surface area (Å²) in [5, 5.41) is 10.5. The van der Waals surface area contributed by atoms with Crippen LogP contribution in [0.5, 0.6) is 0 Å². The zero-order chi connectivity index (χ0) is 22.4. The normalized spacial score (nSPS) is 15.5. The molecule has 1 atom stereocenters. The van der Waals surface area contributed by atoms with E-state index in [9.17, 15) is 9.59 Å². The number of carboxylic acid groups (broad SMARTS) is 1. The van der Waals surface area contributed by atoms with Crippen molar-refractivity contribution in [1.29, 1.82) is 0 Å². The number of carbonyl (C=O) groups excluding carboxylic acids is 2. The Kier molecular flexibility index (Phi) is 7.24. The van der Waals surface area contributed by atoms with Crippen molar-refractivity contribution in [3.8, 4) is 0 Å². The Morgan fingerprint density at radius 2 is 1.94 bits per heavy atom. The van der Waals surface area contributed by atoms with Gasteiger partial charge in [-0.1, -0.05) is 23.5 Å². The number of amides is 2. The number of benzene rings is 1. The third-order valence-electron chi connectivity index (χ3n) is 4.69. The van der Waals surface area contributed by atoms with Crippen LogP contribution >= 0.6 is 11.3 Å². The Balaban J connectivity index is 0.000000858. The molecule has 4 rings (SSSR count). The van der Waals surface area contributed by atoms with Crippen molar-refractivity contribution in [2.24, 2.45) is 5.92 Å². The summed E-state index contributed by atoms with van der Waals surface area (Å²) < 4.78 is 1.03. The highest BCUT2D eigenvalue weighted by molar-refractivity contribution is 7.22. The van der Waals surface area contributed by atoms with Gasteiger partial charge in [-0.15, -0.1) is 0 Å². The van der Waals surface area contributed by atoms with Gasteiger partial charge in [0.1, 0.15) is 5.82 Å². The van der Waals surface area contributed by atoms with Crippen LogP contribution in [0.2, 0.25) is 0 Å². The fourth-order valence-corrected chi connectivity index (χ4v) is 4.39. The van der Waals surface area contributed by atoms with Gasteiger partial charge in [-0.3, -0.25) is 19.3 Å². The molecule has 1 aliphatic rings. The summed E-state index contributed by atoms with van der Waals surface area (Å²) in [7, 11) is 0. The van der Waals surface area contributed by atoms with Crippen molar-refractivity contribution in [2.45, 2.75) is 26.7 Å². The quantitative estimate of drug-likeness (QED) is 0.581. The van der Waals surface area contributed by atoms with Crippen molar-refractivity contribution in [3.63, 3.8) is 0 Å². The minimum Gasteiger partial charge on any atom is -0.483 e. The second-order valence-electron chi connectivity index (χ2n) is 7.08. The van der Waals surface area contributed by atoms with Gasteiger partial charge in [0.15, 0.2) is 5.13 Å². The molecule has 1 aliphatic heterocycles. The van der Waals surface area contributed by atoms with Crippen LogP contribution in [0.15, 0.2) is 30.3 Å². The molecule has 0 radical (unpaired) electrons. The van der Waals surface area contributed by atoms with Gasteiger partial charge in [-0.05, 0) is 32.0 Å². The fraction of sp³-hybridized carbons (Fsp3) is 0.333. The molecular formula is C21H23N5O4S. The van der Waals surface area contributed by atoms with E-state index in [1.54, 1.807) is 4.90 Å². The Bertz CT molecular complexity index is 1050. The van der Waals surface area contributed by atoms with E-state index in [1.165, 1.54) is 11.3 Å². The SMILES string of the molecule is Cc1cc(C)nc(CCNC(=O)C2CC(=O)N(c3nc4ccccc4s3)C2)n1.O=CO. The topological polar surface area (TPSA) is 125 Å². The number of hydrogen-bond acceptors (Lipinski definition) is 7. The second-order valence-corrected chi connectivity index (χ2v) is 8.09. The zero-order valence-electron chi connectivity index (χ0n) is 17.2. The van der Waals surface area contributed by atoms with Crippen LogP contribution in [-0.4, -0.2) is 51.4 Å². The van der Waals surface area contributed by atoms with Crippen LogP contribution < -0.4 is 10.2 Å². The van der Waals surface area contributed by atoms with Gasteiger partial charge >= 0.3 is 0 Å². The monoisotopic (exact) mass is 441 g/mol. The Hall–Kier alpha value is -3.40. The van der Waals surface area contributed by atoms with Crippen molar-refractivity contribution < 1.29 is 19.5 Å². The van der Waals surface area contributed by atoms with Crippen LogP contribution in [0.25, 0.3) is 10.2 Å². The largest absolute Gasteiger partial charge is 0.483 e. The number of fused-ring (bicyclic) bond motifs is 1. The minimum absolute atomic E-state index is 0.0585. The smallest absolute Gasteiger partial charge is 0.290 e. The number of hydrogen-bond donors (Lipinski definition) is 2. The van der Waals surface area contributed by atoms with Gasteiger partial charge in [-0.25, -0.2) is 15.0 Å². The van der Waals surface area contributed by atoms with Crippen molar-refractivity contribution in [2.75, 3.05) is 18.0 Å². The molecule has 9 nitrogen and oxygen atoms in total. The third kappa shape index (κ3) is 5.60. The lowest BCUT2D eigenvalue weighted by molar-refractivity contribution is -0.126. The number of anilines is 1. The molecule has 0 spiro atoms. The number of aromatic nitrogens is 3. The molecule has 31 heavy (non-hydrogen) atoms. The number of nitrogens with one attached hydrogen (secondary N) is 1. The molecule has 0 bridgehead atoms. The van der Waals surface area contributed by atoms with Crippen LogP contribution in [0, 0.1) is 19.8 Å². The highest BCUT2D eigenvalue weighted by Crippen LogP contribution is 2.32. The lowest BCUT2D eigenvalue weighted by Gasteiger charge is -2.13. The molecule has 2 amide bonds. The number of carbonyl (C=O) groups is 3. The minimum atomic E-state index is -0.361. The van der Waals surface area contributed by atoms with Gasteiger partial charge in [0.05, 0.1) is 16.1 Å². The van der Waals surface area contributed by atoms with Crippen LogP contribution in [0.1, 0.15) is 23.6 Å². The molecule has 0 saturated carbocycles. The molecule has 1 aromatic carbocycles. The maximum absolute atomic E-state index is 12.5. The van der Waals surface area contributed by atoms with Crippen molar-refractivity contribution >= 4 is 45.0 Å². The predicted molar refractivity (Wildman–Crippen MR) is 117 cm³/mol. The summed E-state index contributed by atoms with van der Waals surface area (Å²) >= 11 is 1.48. The first-order valence-corrected chi connectivity index (χ1v) is 10.6. The molecule has 2 aromatic heterocycles. The molecule has 3 heterocycles. The van der Waals surface area contributed by atoms with Crippen LogP contribution in [0.3, 0.4) is 0 Å². The Labute approximate surface area is 183 Å². The first-order chi connectivity index (χ1) is 14.9. The second kappa shape index (κ2) is 10.1. The van der Waals surface area contributed by atoms with Crippen LogP contribution in [-0.2, 0) is 20.8 Å².